The minimum Gasteiger partial charge on any atom is -0.469 e. The van der Waals surface area contributed by atoms with Crippen molar-refractivity contribution in [2.45, 2.75) is 90.3 Å². The fourth-order valence-corrected chi connectivity index (χ4v) is 7.53. The van der Waals surface area contributed by atoms with Gasteiger partial charge in [-0.2, -0.15) is 0 Å². The highest BCUT2D eigenvalue weighted by Crippen LogP contribution is 2.64. The third-order valence-corrected chi connectivity index (χ3v) is 8.84. The Labute approximate surface area is 163 Å². The van der Waals surface area contributed by atoms with Crippen molar-refractivity contribution in [3.63, 3.8) is 0 Å². The summed E-state index contributed by atoms with van der Waals surface area (Å²) in [6.45, 7) is 6.61. The summed E-state index contributed by atoms with van der Waals surface area (Å²) in [5, 5.41) is 0. The van der Waals surface area contributed by atoms with E-state index < -0.39 is 5.60 Å². The van der Waals surface area contributed by atoms with E-state index in [4.69, 9.17) is 9.47 Å². The molecular formula is C23H36O4. The lowest BCUT2D eigenvalue weighted by molar-refractivity contribution is -0.213. The number of methoxy groups -OCH3 is 1. The second-order valence-electron chi connectivity index (χ2n) is 10.3. The van der Waals surface area contributed by atoms with E-state index in [0.717, 1.165) is 44.9 Å². The summed E-state index contributed by atoms with van der Waals surface area (Å²) in [7, 11) is 1.47. The molecule has 27 heavy (non-hydrogen) atoms. The molecule has 4 rings (SSSR count). The van der Waals surface area contributed by atoms with Crippen LogP contribution in [0.5, 0.6) is 0 Å². The maximum Gasteiger partial charge on any atom is 0.308 e. The van der Waals surface area contributed by atoms with Crippen molar-refractivity contribution in [3.05, 3.63) is 0 Å². The monoisotopic (exact) mass is 376 g/mol. The fraction of sp³-hybridized carbons (Fsp3) is 0.913. The molecule has 2 saturated heterocycles. The van der Waals surface area contributed by atoms with Gasteiger partial charge in [0.2, 0.25) is 0 Å². The van der Waals surface area contributed by atoms with Crippen molar-refractivity contribution >= 4 is 11.8 Å². The largest absolute Gasteiger partial charge is 0.469 e. The normalized spacial score (nSPS) is 48.0. The first-order valence-electron chi connectivity index (χ1n) is 11.1. The average Bonchev–Trinajstić information content (AvgIpc) is 2.96. The first-order chi connectivity index (χ1) is 12.8. The number of ether oxygens (including phenoxy) is 2. The van der Waals surface area contributed by atoms with Crippen LogP contribution in [0.2, 0.25) is 0 Å². The van der Waals surface area contributed by atoms with Gasteiger partial charge < -0.3 is 9.47 Å². The first-order valence-corrected chi connectivity index (χ1v) is 11.1. The zero-order valence-electron chi connectivity index (χ0n) is 17.5. The number of Topliss-reactive ketones (excluding diaryl/α,β-unsaturated/α-hetero) is 1. The lowest BCUT2D eigenvalue weighted by Crippen LogP contribution is -2.62. The smallest absolute Gasteiger partial charge is 0.308 e. The fourth-order valence-electron chi connectivity index (χ4n) is 7.53. The molecule has 2 heterocycles. The summed E-state index contributed by atoms with van der Waals surface area (Å²) >= 11 is 0. The summed E-state index contributed by atoms with van der Waals surface area (Å²) in [5.41, 5.74) is -0.629. The van der Waals surface area contributed by atoms with Gasteiger partial charge >= 0.3 is 5.97 Å². The Morgan fingerprint density at radius 2 is 1.93 bits per heavy atom. The van der Waals surface area contributed by atoms with Crippen molar-refractivity contribution < 1.29 is 19.1 Å². The van der Waals surface area contributed by atoms with Gasteiger partial charge in [-0.1, -0.05) is 27.2 Å². The maximum atomic E-state index is 13.6. The SMILES string of the molecule is COC(=O)C(C)C1CCC2C3CCC(C)CC4CCCC3(O4)C(=O)CC12C. The van der Waals surface area contributed by atoms with Crippen LogP contribution in [0.1, 0.15) is 78.6 Å². The van der Waals surface area contributed by atoms with E-state index in [0.29, 0.717) is 30.0 Å². The standard InChI is InChI=1S/C23H36O4/c1-14-7-8-19-18-10-9-17(15(2)21(25)26-4)22(18,3)13-20(24)23(19)11-5-6-16(12-14)27-23/h14-19H,5-13H2,1-4H3. The van der Waals surface area contributed by atoms with E-state index in [1.807, 2.05) is 6.92 Å². The van der Waals surface area contributed by atoms with Gasteiger partial charge in [0.15, 0.2) is 5.78 Å². The lowest BCUT2D eigenvalue weighted by atomic mass is 9.52. The molecule has 8 unspecified atom stereocenters. The predicted molar refractivity (Wildman–Crippen MR) is 103 cm³/mol. The molecule has 4 fully saturated rings. The molecule has 2 saturated carbocycles. The molecule has 152 valence electrons. The molecule has 0 aromatic rings. The van der Waals surface area contributed by atoms with Crippen molar-refractivity contribution in [2.24, 2.45) is 35.0 Å². The van der Waals surface area contributed by atoms with Gasteiger partial charge in [-0.15, -0.1) is 0 Å². The number of hydrogen-bond acceptors (Lipinski definition) is 4. The van der Waals surface area contributed by atoms with Crippen LogP contribution < -0.4 is 0 Å². The summed E-state index contributed by atoms with van der Waals surface area (Å²) in [4.78, 5) is 25.9. The molecule has 2 aliphatic carbocycles. The molecule has 8 atom stereocenters. The summed E-state index contributed by atoms with van der Waals surface area (Å²) in [5.74, 6) is 1.77. The lowest BCUT2D eigenvalue weighted by Gasteiger charge is -2.57. The number of hydrogen-bond donors (Lipinski definition) is 0. The number of ketones is 1. The number of carbonyl (C=O) groups is 2. The van der Waals surface area contributed by atoms with Gasteiger partial charge in [0, 0.05) is 6.42 Å². The van der Waals surface area contributed by atoms with Gasteiger partial charge in [-0.25, -0.2) is 0 Å². The van der Waals surface area contributed by atoms with Crippen LogP contribution >= 0.6 is 0 Å². The number of esters is 1. The third kappa shape index (κ3) is 2.89. The van der Waals surface area contributed by atoms with Crippen LogP contribution in [0.15, 0.2) is 0 Å². The summed E-state index contributed by atoms with van der Waals surface area (Å²) < 4.78 is 11.7. The Kier molecular flexibility index (Phi) is 4.93. The average molecular weight is 377 g/mol. The zero-order valence-corrected chi connectivity index (χ0v) is 17.5. The molecule has 4 aliphatic rings. The molecule has 1 spiro atoms. The van der Waals surface area contributed by atoms with Gasteiger partial charge in [-0.3, -0.25) is 9.59 Å². The van der Waals surface area contributed by atoms with Gasteiger partial charge in [0.1, 0.15) is 5.60 Å². The minimum absolute atomic E-state index is 0.0979. The van der Waals surface area contributed by atoms with Crippen LogP contribution in [0, 0.1) is 35.0 Å². The molecule has 0 aromatic heterocycles. The van der Waals surface area contributed by atoms with Crippen molar-refractivity contribution in [1.29, 1.82) is 0 Å². The van der Waals surface area contributed by atoms with Crippen LogP contribution in [-0.4, -0.2) is 30.6 Å². The Morgan fingerprint density at radius 1 is 1.19 bits per heavy atom. The van der Waals surface area contributed by atoms with Gasteiger partial charge in [0.25, 0.3) is 0 Å². The molecule has 2 bridgehead atoms. The zero-order chi connectivity index (χ0) is 19.4. The van der Waals surface area contributed by atoms with E-state index in [1.54, 1.807) is 0 Å². The van der Waals surface area contributed by atoms with Crippen molar-refractivity contribution in [2.75, 3.05) is 7.11 Å². The second kappa shape index (κ2) is 6.86. The van der Waals surface area contributed by atoms with Gasteiger partial charge in [0.05, 0.1) is 19.1 Å². The highest BCUT2D eigenvalue weighted by Gasteiger charge is 2.65. The van der Waals surface area contributed by atoms with E-state index >= 15 is 0 Å². The van der Waals surface area contributed by atoms with E-state index in [9.17, 15) is 9.59 Å². The molecule has 4 heteroatoms. The van der Waals surface area contributed by atoms with Crippen molar-refractivity contribution in [3.8, 4) is 0 Å². The van der Waals surface area contributed by atoms with Crippen LogP contribution in [-0.2, 0) is 19.1 Å². The molecule has 0 amide bonds. The molecular weight excluding hydrogens is 340 g/mol. The highest BCUT2D eigenvalue weighted by atomic mass is 16.5. The van der Waals surface area contributed by atoms with Crippen LogP contribution in [0.3, 0.4) is 0 Å². The third-order valence-electron chi connectivity index (χ3n) is 8.84. The molecule has 2 aliphatic heterocycles. The summed E-state index contributed by atoms with van der Waals surface area (Å²) in [6.07, 6.45) is 9.50. The van der Waals surface area contributed by atoms with Crippen LogP contribution in [0.25, 0.3) is 0 Å². The van der Waals surface area contributed by atoms with E-state index in [2.05, 4.69) is 13.8 Å². The highest BCUT2D eigenvalue weighted by molar-refractivity contribution is 5.90. The quantitative estimate of drug-likeness (QED) is 0.664. The number of carbonyl (C=O) groups excluding carboxylic acids is 2. The Morgan fingerprint density at radius 3 is 2.67 bits per heavy atom. The molecule has 0 N–H and O–H groups in total. The number of fused-ring (bicyclic) bond motifs is 3. The number of rotatable bonds is 2. The van der Waals surface area contributed by atoms with E-state index in [1.165, 1.54) is 13.5 Å². The Bertz CT molecular complexity index is 615. The molecule has 0 aromatic carbocycles. The summed E-state index contributed by atoms with van der Waals surface area (Å²) in [6, 6.07) is 0. The van der Waals surface area contributed by atoms with Crippen LogP contribution in [0.4, 0.5) is 0 Å². The Hall–Kier alpha value is -0.900. The maximum absolute atomic E-state index is 13.6. The topological polar surface area (TPSA) is 52.6 Å². The van der Waals surface area contributed by atoms with E-state index in [-0.39, 0.29) is 29.3 Å². The molecule has 4 nitrogen and oxygen atoms in total. The Balaban J connectivity index is 1.69. The van der Waals surface area contributed by atoms with Crippen molar-refractivity contribution in [1.82, 2.24) is 0 Å². The molecule has 0 radical (unpaired) electrons. The van der Waals surface area contributed by atoms with Gasteiger partial charge in [-0.05, 0) is 74.0 Å². The second-order valence-corrected chi connectivity index (χ2v) is 10.3. The predicted octanol–water partition coefficient (Wildman–Crippen LogP) is 4.54. The first kappa shape index (κ1) is 19.4. The minimum atomic E-state index is -0.531.